The molecule has 15 heavy (non-hydrogen) atoms. The number of aromatic nitrogens is 1. The molecule has 1 aromatic rings. The molecule has 1 aliphatic rings. The zero-order chi connectivity index (χ0) is 10.8. The molecule has 0 amide bonds. The van der Waals surface area contributed by atoms with Crippen LogP contribution in [0.5, 0.6) is 0 Å². The molecule has 3 nitrogen and oxygen atoms in total. The fourth-order valence-electron chi connectivity index (χ4n) is 2.28. The molecular weight excluding hydrogens is 186 g/mol. The fourth-order valence-corrected chi connectivity index (χ4v) is 2.28. The lowest BCUT2D eigenvalue weighted by molar-refractivity contribution is 0.625. The lowest BCUT2D eigenvalue weighted by Crippen LogP contribution is -2.26. The van der Waals surface area contributed by atoms with Gasteiger partial charge in [0.05, 0.1) is 11.9 Å². The van der Waals surface area contributed by atoms with E-state index in [1.807, 2.05) is 12.1 Å². The molecule has 1 aromatic heterocycles. The summed E-state index contributed by atoms with van der Waals surface area (Å²) in [5, 5.41) is 8.66. The first-order chi connectivity index (χ1) is 7.20. The summed E-state index contributed by atoms with van der Waals surface area (Å²) in [6.07, 6.45) is 3.03. The van der Waals surface area contributed by atoms with Crippen molar-refractivity contribution in [3.05, 3.63) is 24.0 Å². The normalized spacial score (nSPS) is 25.3. The highest BCUT2D eigenvalue weighted by Gasteiger charge is 2.26. The minimum absolute atomic E-state index is 0.485. The Bertz CT molecular complexity index is 377. The molecule has 1 saturated heterocycles. The standard InChI is InChI=1S/C12H15N3/c1-9-5-10(2)15(8-9)12-4-3-11(6-13)14-7-12/h3-4,7,9-10H,5,8H2,1-2H3. The second-order valence-corrected chi connectivity index (χ2v) is 4.36. The third-order valence-corrected chi connectivity index (χ3v) is 2.98. The minimum Gasteiger partial charge on any atom is -0.367 e. The van der Waals surface area contributed by atoms with Crippen LogP contribution in [-0.2, 0) is 0 Å². The minimum atomic E-state index is 0.485. The highest BCUT2D eigenvalue weighted by Crippen LogP contribution is 2.27. The second-order valence-electron chi connectivity index (χ2n) is 4.36. The largest absolute Gasteiger partial charge is 0.367 e. The smallest absolute Gasteiger partial charge is 0.140 e. The number of rotatable bonds is 1. The Hall–Kier alpha value is -1.56. The fraction of sp³-hybridized carbons (Fsp3) is 0.500. The van der Waals surface area contributed by atoms with E-state index >= 15 is 0 Å². The van der Waals surface area contributed by atoms with Crippen LogP contribution in [0.25, 0.3) is 0 Å². The van der Waals surface area contributed by atoms with Crippen LogP contribution in [0.4, 0.5) is 5.69 Å². The highest BCUT2D eigenvalue weighted by atomic mass is 15.2. The number of nitrogens with zero attached hydrogens (tertiary/aromatic N) is 3. The average molecular weight is 201 g/mol. The van der Waals surface area contributed by atoms with Crippen molar-refractivity contribution in [1.29, 1.82) is 5.26 Å². The van der Waals surface area contributed by atoms with E-state index in [1.165, 1.54) is 6.42 Å². The first-order valence-corrected chi connectivity index (χ1v) is 5.33. The van der Waals surface area contributed by atoms with Crippen LogP contribution in [0.3, 0.4) is 0 Å². The molecular formula is C12H15N3. The lowest BCUT2D eigenvalue weighted by Gasteiger charge is -2.23. The maximum atomic E-state index is 8.66. The molecule has 0 bridgehead atoms. The molecule has 1 aliphatic heterocycles. The maximum absolute atomic E-state index is 8.66. The van der Waals surface area contributed by atoms with Crippen molar-refractivity contribution in [2.75, 3.05) is 11.4 Å². The molecule has 0 saturated carbocycles. The molecule has 0 radical (unpaired) electrons. The molecule has 2 heterocycles. The van der Waals surface area contributed by atoms with Gasteiger partial charge < -0.3 is 4.90 Å². The van der Waals surface area contributed by atoms with Gasteiger partial charge in [0.15, 0.2) is 0 Å². The summed E-state index contributed by atoms with van der Waals surface area (Å²) in [7, 11) is 0. The summed E-state index contributed by atoms with van der Waals surface area (Å²) >= 11 is 0. The molecule has 0 spiro atoms. The molecule has 0 aromatic carbocycles. The van der Waals surface area contributed by atoms with Gasteiger partial charge in [0, 0.05) is 12.6 Å². The number of nitriles is 1. The van der Waals surface area contributed by atoms with E-state index in [2.05, 4.69) is 23.7 Å². The van der Waals surface area contributed by atoms with E-state index in [1.54, 1.807) is 12.3 Å². The van der Waals surface area contributed by atoms with E-state index in [0.29, 0.717) is 11.7 Å². The van der Waals surface area contributed by atoms with Crippen LogP contribution in [0, 0.1) is 17.2 Å². The molecule has 78 valence electrons. The molecule has 2 unspecified atom stereocenters. The van der Waals surface area contributed by atoms with Crippen LogP contribution in [0.15, 0.2) is 18.3 Å². The Morgan fingerprint density at radius 1 is 1.47 bits per heavy atom. The maximum Gasteiger partial charge on any atom is 0.140 e. The number of hydrogen-bond acceptors (Lipinski definition) is 3. The van der Waals surface area contributed by atoms with Gasteiger partial charge in [0.1, 0.15) is 11.8 Å². The van der Waals surface area contributed by atoms with Crippen molar-refractivity contribution < 1.29 is 0 Å². The van der Waals surface area contributed by atoms with Crippen LogP contribution in [-0.4, -0.2) is 17.6 Å². The molecule has 2 rings (SSSR count). The summed E-state index contributed by atoms with van der Waals surface area (Å²) in [4.78, 5) is 6.46. The van der Waals surface area contributed by atoms with Crippen molar-refractivity contribution in [2.24, 2.45) is 5.92 Å². The Balaban J connectivity index is 2.20. The SMILES string of the molecule is CC1CC(C)N(c2ccc(C#N)nc2)C1. The lowest BCUT2D eigenvalue weighted by atomic mass is 10.1. The number of anilines is 1. The van der Waals surface area contributed by atoms with Crippen molar-refractivity contribution >= 4 is 5.69 Å². The highest BCUT2D eigenvalue weighted by molar-refractivity contribution is 5.47. The number of hydrogen-bond donors (Lipinski definition) is 0. The van der Waals surface area contributed by atoms with Gasteiger partial charge in [-0.25, -0.2) is 4.98 Å². The number of pyridine rings is 1. The van der Waals surface area contributed by atoms with E-state index in [9.17, 15) is 0 Å². The van der Waals surface area contributed by atoms with Crippen LogP contribution >= 0.6 is 0 Å². The van der Waals surface area contributed by atoms with Gasteiger partial charge >= 0.3 is 0 Å². The monoisotopic (exact) mass is 201 g/mol. The van der Waals surface area contributed by atoms with Crippen LogP contribution in [0.2, 0.25) is 0 Å². The Kier molecular flexibility index (Phi) is 2.59. The zero-order valence-electron chi connectivity index (χ0n) is 9.14. The summed E-state index contributed by atoms with van der Waals surface area (Å²) < 4.78 is 0. The molecule has 0 N–H and O–H groups in total. The van der Waals surface area contributed by atoms with Crippen molar-refractivity contribution in [1.82, 2.24) is 4.98 Å². The van der Waals surface area contributed by atoms with Gasteiger partial charge in [-0.15, -0.1) is 0 Å². The summed E-state index contributed by atoms with van der Waals surface area (Å²) in [5.74, 6) is 0.746. The van der Waals surface area contributed by atoms with Crippen LogP contribution < -0.4 is 4.90 Å². The van der Waals surface area contributed by atoms with Gasteiger partial charge in [0.25, 0.3) is 0 Å². The van der Waals surface area contributed by atoms with E-state index in [0.717, 1.165) is 18.2 Å². The van der Waals surface area contributed by atoms with E-state index in [-0.39, 0.29) is 0 Å². The van der Waals surface area contributed by atoms with Crippen molar-refractivity contribution in [3.8, 4) is 6.07 Å². The first kappa shape index (κ1) is 9.97. The van der Waals surface area contributed by atoms with Gasteiger partial charge in [-0.3, -0.25) is 0 Å². The average Bonchev–Trinajstić information content (AvgIpc) is 2.58. The van der Waals surface area contributed by atoms with Gasteiger partial charge in [-0.1, -0.05) is 6.92 Å². The molecule has 2 atom stereocenters. The predicted octanol–water partition coefficient (Wildman–Crippen LogP) is 2.19. The van der Waals surface area contributed by atoms with Crippen molar-refractivity contribution in [3.63, 3.8) is 0 Å². The first-order valence-electron chi connectivity index (χ1n) is 5.33. The van der Waals surface area contributed by atoms with Gasteiger partial charge in [-0.05, 0) is 31.4 Å². The van der Waals surface area contributed by atoms with E-state index in [4.69, 9.17) is 5.26 Å². The topological polar surface area (TPSA) is 39.9 Å². The third kappa shape index (κ3) is 1.94. The summed E-state index contributed by atoms with van der Waals surface area (Å²) in [5.41, 5.74) is 1.62. The van der Waals surface area contributed by atoms with E-state index < -0.39 is 0 Å². The Labute approximate surface area is 90.4 Å². The Morgan fingerprint density at radius 3 is 2.73 bits per heavy atom. The molecule has 1 fully saturated rings. The van der Waals surface area contributed by atoms with Crippen LogP contribution in [0.1, 0.15) is 26.0 Å². The van der Waals surface area contributed by atoms with Crippen molar-refractivity contribution in [2.45, 2.75) is 26.3 Å². The Morgan fingerprint density at radius 2 is 2.27 bits per heavy atom. The second kappa shape index (κ2) is 3.90. The quantitative estimate of drug-likeness (QED) is 0.699. The van der Waals surface area contributed by atoms with Gasteiger partial charge in [-0.2, -0.15) is 5.26 Å². The zero-order valence-corrected chi connectivity index (χ0v) is 9.14. The predicted molar refractivity (Wildman–Crippen MR) is 59.5 cm³/mol. The molecule has 3 heteroatoms. The third-order valence-electron chi connectivity index (χ3n) is 2.98. The molecule has 0 aliphatic carbocycles. The summed E-state index contributed by atoms with van der Waals surface area (Å²) in [6.45, 7) is 5.60. The van der Waals surface area contributed by atoms with Gasteiger partial charge in [0.2, 0.25) is 0 Å². The summed E-state index contributed by atoms with van der Waals surface area (Å²) in [6, 6.07) is 6.38.